The maximum absolute atomic E-state index is 13.6. The molecule has 1 heterocycles. The quantitative estimate of drug-likeness (QED) is 0.884. The van der Waals surface area contributed by atoms with Gasteiger partial charge in [-0.2, -0.15) is 0 Å². The molecule has 2 N–H and O–H groups in total. The first-order chi connectivity index (χ1) is 8.00. The molecule has 1 unspecified atom stereocenters. The van der Waals surface area contributed by atoms with Crippen molar-refractivity contribution in [2.45, 2.75) is 13.0 Å². The van der Waals surface area contributed by atoms with E-state index >= 15 is 0 Å². The van der Waals surface area contributed by atoms with Crippen LogP contribution in [-0.2, 0) is 0 Å². The van der Waals surface area contributed by atoms with E-state index < -0.39 is 17.7 Å². The first-order valence-electron chi connectivity index (χ1n) is 4.96. The number of thiophene rings is 1. The van der Waals surface area contributed by atoms with Crippen LogP contribution in [0, 0.1) is 18.6 Å². The van der Waals surface area contributed by atoms with Crippen molar-refractivity contribution in [2.24, 2.45) is 5.73 Å². The molecule has 0 bridgehead atoms. The predicted octanol–water partition coefficient (Wildman–Crippen LogP) is 4.15. The molecule has 1 aromatic carbocycles. The Morgan fingerprint density at radius 1 is 1.29 bits per heavy atom. The van der Waals surface area contributed by atoms with Gasteiger partial charge in [-0.25, -0.2) is 8.78 Å². The van der Waals surface area contributed by atoms with Crippen molar-refractivity contribution >= 4 is 27.3 Å². The van der Waals surface area contributed by atoms with Gasteiger partial charge in [0, 0.05) is 10.4 Å². The third kappa shape index (κ3) is 2.41. The summed E-state index contributed by atoms with van der Waals surface area (Å²) in [7, 11) is 0. The van der Waals surface area contributed by atoms with Crippen LogP contribution in [0.4, 0.5) is 8.78 Å². The summed E-state index contributed by atoms with van der Waals surface area (Å²) in [5, 5.41) is 0. The number of aryl methyl sites for hydroxylation is 1. The topological polar surface area (TPSA) is 26.0 Å². The van der Waals surface area contributed by atoms with Crippen molar-refractivity contribution < 1.29 is 8.78 Å². The highest BCUT2D eigenvalue weighted by Gasteiger charge is 2.20. The molecule has 5 heteroatoms. The highest BCUT2D eigenvalue weighted by atomic mass is 79.9. The summed E-state index contributed by atoms with van der Waals surface area (Å²) in [6, 6.07) is 4.83. The van der Waals surface area contributed by atoms with Crippen molar-refractivity contribution in [3.05, 3.63) is 55.7 Å². The zero-order valence-corrected chi connectivity index (χ0v) is 11.4. The molecule has 17 heavy (non-hydrogen) atoms. The van der Waals surface area contributed by atoms with Crippen LogP contribution in [0.15, 0.2) is 28.1 Å². The fourth-order valence-corrected chi connectivity index (χ4v) is 3.17. The standard InChI is InChI=1S/C12H10BrF2NS/c1-6-5-9(17-12(6)13)11(16)10-7(14)3-2-4-8(10)15/h2-5,11H,16H2,1H3. The fraction of sp³-hybridized carbons (Fsp3) is 0.167. The average Bonchev–Trinajstić information content (AvgIpc) is 2.59. The van der Waals surface area contributed by atoms with Gasteiger partial charge in [-0.1, -0.05) is 6.07 Å². The lowest BCUT2D eigenvalue weighted by molar-refractivity contribution is 0.545. The van der Waals surface area contributed by atoms with E-state index in [1.54, 1.807) is 0 Å². The molecule has 1 nitrogen and oxygen atoms in total. The van der Waals surface area contributed by atoms with Crippen LogP contribution in [0.25, 0.3) is 0 Å². The summed E-state index contributed by atoms with van der Waals surface area (Å²) in [6.45, 7) is 1.91. The Labute approximate surface area is 110 Å². The highest BCUT2D eigenvalue weighted by Crippen LogP contribution is 2.34. The Morgan fingerprint density at radius 3 is 2.35 bits per heavy atom. The van der Waals surface area contributed by atoms with Gasteiger partial charge in [-0.15, -0.1) is 11.3 Å². The maximum atomic E-state index is 13.6. The van der Waals surface area contributed by atoms with Crippen molar-refractivity contribution in [2.75, 3.05) is 0 Å². The minimum atomic E-state index is -0.772. The lowest BCUT2D eigenvalue weighted by atomic mass is 10.0. The molecule has 0 aliphatic rings. The summed E-state index contributed by atoms with van der Waals surface area (Å²) in [6.07, 6.45) is 0. The summed E-state index contributed by atoms with van der Waals surface area (Å²) in [4.78, 5) is 0.735. The van der Waals surface area contributed by atoms with Crippen LogP contribution in [0.2, 0.25) is 0 Å². The van der Waals surface area contributed by atoms with Crippen molar-refractivity contribution in [3.8, 4) is 0 Å². The number of hydrogen-bond acceptors (Lipinski definition) is 2. The first-order valence-corrected chi connectivity index (χ1v) is 6.57. The highest BCUT2D eigenvalue weighted by molar-refractivity contribution is 9.11. The fourth-order valence-electron chi connectivity index (χ4n) is 1.59. The first kappa shape index (κ1) is 12.7. The van der Waals surface area contributed by atoms with E-state index in [-0.39, 0.29) is 5.56 Å². The Balaban J connectivity index is 2.47. The summed E-state index contributed by atoms with van der Waals surface area (Å²) in [5.74, 6) is -1.22. The zero-order valence-electron chi connectivity index (χ0n) is 9.01. The molecule has 0 aliphatic carbocycles. The number of nitrogens with two attached hydrogens (primary N) is 1. The Kier molecular flexibility index (Phi) is 3.61. The van der Waals surface area contributed by atoms with E-state index in [0.717, 1.165) is 14.2 Å². The smallest absolute Gasteiger partial charge is 0.131 e. The molecular formula is C12H10BrF2NS. The molecule has 1 aromatic heterocycles. The van der Waals surface area contributed by atoms with Gasteiger partial charge in [-0.05, 0) is 46.6 Å². The summed E-state index contributed by atoms with van der Waals surface area (Å²) in [5.41, 5.74) is 6.84. The van der Waals surface area contributed by atoms with E-state index in [1.807, 2.05) is 13.0 Å². The Morgan fingerprint density at radius 2 is 1.88 bits per heavy atom. The maximum Gasteiger partial charge on any atom is 0.131 e. The lowest BCUT2D eigenvalue weighted by Crippen LogP contribution is -2.14. The van der Waals surface area contributed by atoms with Crippen molar-refractivity contribution in [1.82, 2.24) is 0 Å². The summed E-state index contributed by atoms with van der Waals surface area (Å²) >= 11 is 4.76. The van der Waals surface area contributed by atoms with Gasteiger partial charge in [-0.3, -0.25) is 0 Å². The molecule has 0 fully saturated rings. The third-order valence-electron chi connectivity index (χ3n) is 2.49. The molecule has 0 saturated carbocycles. The number of rotatable bonds is 2. The lowest BCUT2D eigenvalue weighted by Gasteiger charge is -2.11. The Bertz CT molecular complexity index is 514. The molecule has 0 radical (unpaired) electrons. The molecule has 0 amide bonds. The number of halogens is 3. The van der Waals surface area contributed by atoms with Crippen LogP contribution >= 0.6 is 27.3 Å². The SMILES string of the molecule is Cc1cc(C(N)c2c(F)cccc2F)sc1Br. The minimum Gasteiger partial charge on any atom is -0.319 e. The van der Waals surface area contributed by atoms with Crippen molar-refractivity contribution in [1.29, 1.82) is 0 Å². The van der Waals surface area contributed by atoms with Crippen LogP contribution in [-0.4, -0.2) is 0 Å². The molecule has 0 saturated heterocycles. The number of hydrogen-bond donors (Lipinski definition) is 1. The molecule has 90 valence electrons. The van der Waals surface area contributed by atoms with Crippen molar-refractivity contribution in [3.63, 3.8) is 0 Å². The molecule has 2 rings (SSSR count). The van der Waals surface area contributed by atoms with E-state index in [0.29, 0.717) is 0 Å². The van der Waals surface area contributed by atoms with Crippen LogP contribution in [0.1, 0.15) is 22.0 Å². The van der Waals surface area contributed by atoms with Gasteiger partial charge in [0.15, 0.2) is 0 Å². The average molecular weight is 318 g/mol. The van der Waals surface area contributed by atoms with Gasteiger partial charge < -0.3 is 5.73 Å². The zero-order chi connectivity index (χ0) is 12.6. The molecule has 0 spiro atoms. The molecule has 2 aromatic rings. The third-order valence-corrected chi connectivity index (χ3v) is 4.71. The van der Waals surface area contributed by atoms with Crippen LogP contribution in [0.3, 0.4) is 0 Å². The van der Waals surface area contributed by atoms with Crippen LogP contribution < -0.4 is 5.73 Å². The second kappa shape index (κ2) is 4.84. The summed E-state index contributed by atoms with van der Waals surface area (Å²) < 4.78 is 28.1. The van der Waals surface area contributed by atoms with Gasteiger partial charge >= 0.3 is 0 Å². The van der Waals surface area contributed by atoms with Gasteiger partial charge in [0.25, 0.3) is 0 Å². The van der Waals surface area contributed by atoms with E-state index in [9.17, 15) is 8.78 Å². The monoisotopic (exact) mass is 317 g/mol. The minimum absolute atomic E-state index is 0.0822. The van der Waals surface area contributed by atoms with E-state index in [1.165, 1.54) is 29.5 Å². The second-order valence-corrected chi connectivity index (χ2v) is 6.12. The number of benzene rings is 1. The normalized spacial score (nSPS) is 12.8. The van der Waals surface area contributed by atoms with Crippen LogP contribution in [0.5, 0.6) is 0 Å². The molecule has 0 aliphatic heterocycles. The second-order valence-electron chi connectivity index (χ2n) is 3.72. The van der Waals surface area contributed by atoms with E-state index in [2.05, 4.69) is 15.9 Å². The Hall–Kier alpha value is -0.780. The van der Waals surface area contributed by atoms with Gasteiger partial charge in [0.05, 0.1) is 9.83 Å². The predicted molar refractivity (Wildman–Crippen MR) is 69.1 cm³/mol. The van der Waals surface area contributed by atoms with E-state index in [4.69, 9.17) is 5.73 Å². The van der Waals surface area contributed by atoms with Gasteiger partial charge in [0.2, 0.25) is 0 Å². The molecule has 1 atom stereocenters. The molecular weight excluding hydrogens is 308 g/mol. The largest absolute Gasteiger partial charge is 0.319 e. The van der Waals surface area contributed by atoms with Gasteiger partial charge in [0.1, 0.15) is 11.6 Å².